The molecule has 0 fully saturated rings. The van der Waals surface area contributed by atoms with Crippen molar-refractivity contribution in [3.05, 3.63) is 0 Å². The van der Waals surface area contributed by atoms with Crippen LogP contribution in [-0.4, -0.2) is 25.0 Å². The van der Waals surface area contributed by atoms with Gasteiger partial charge in [-0.25, -0.2) is 0 Å². The normalized spacial score (nSPS) is 16.8. The maximum atomic E-state index is 14.7. The van der Waals surface area contributed by atoms with E-state index >= 15 is 0 Å². The molecule has 3 atom stereocenters. The maximum absolute atomic E-state index is 14.7. The number of hydrogen-bond acceptors (Lipinski definition) is 4. The summed E-state index contributed by atoms with van der Waals surface area (Å²) in [5, 5.41) is 3.18. The molecule has 0 saturated carbocycles. The van der Waals surface area contributed by atoms with Crippen molar-refractivity contribution in [3.63, 3.8) is 0 Å². The topological polar surface area (TPSA) is 47.6 Å². The number of nitrogens with one attached hydrogen (secondary N) is 1. The van der Waals surface area contributed by atoms with E-state index < -0.39 is 12.9 Å². The Hall–Kier alpha value is 0.110. The Morgan fingerprint density at radius 1 is 0.647 bits per heavy atom. The van der Waals surface area contributed by atoms with E-state index in [0.717, 1.165) is 51.5 Å². The quantitative estimate of drug-likeness (QED) is 0.133. The molecule has 0 spiro atoms. The lowest BCUT2D eigenvalue weighted by Gasteiger charge is -2.40. The van der Waals surface area contributed by atoms with Gasteiger partial charge in [-0.3, -0.25) is 4.57 Å². The molecule has 0 rings (SSSR count). The Bertz CT molecular complexity index is 486. The van der Waals surface area contributed by atoms with Crippen molar-refractivity contribution in [3.8, 4) is 0 Å². The third-order valence-corrected chi connectivity index (χ3v) is 10.8. The van der Waals surface area contributed by atoms with Crippen molar-refractivity contribution >= 4 is 7.60 Å². The summed E-state index contributed by atoms with van der Waals surface area (Å²) in [5.74, 6) is 1.49. The first-order chi connectivity index (χ1) is 16.3. The third-order valence-electron chi connectivity index (χ3n) is 8.00. The molecule has 34 heavy (non-hydrogen) atoms. The van der Waals surface area contributed by atoms with Crippen LogP contribution in [0.5, 0.6) is 0 Å². The highest BCUT2D eigenvalue weighted by Gasteiger charge is 2.49. The first-order valence-corrected chi connectivity index (χ1v) is 16.5. The van der Waals surface area contributed by atoms with Gasteiger partial charge in [-0.15, -0.1) is 0 Å². The van der Waals surface area contributed by atoms with E-state index in [9.17, 15) is 4.57 Å². The summed E-state index contributed by atoms with van der Waals surface area (Å²) in [6, 6.07) is 0. The second-order valence-electron chi connectivity index (χ2n) is 10.5. The third kappa shape index (κ3) is 11.9. The smallest absolute Gasteiger partial charge is 0.307 e. The Morgan fingerprint density at radius 3 is 1.35 bits per heavy atom. The number of rotatable bonds is 24. The van der Waals surface area contributed by atoms with Gasteiger partial charge in [0.15, 0.2) is 0 Å². The predicted molar refractivity (Wildman–Crippen MR) is 151 cm³/mol. The van der Waals surface area contributed by atoms with Crippen LogP contribution in [0.25, 0.3) is 0 Å². The van der Waals surface area contributed by atoms with Crippen molar-refractivity contribution < 1.29 is 13.6 Å². The standard InChI is InChI=1S/C29H62NO3P/c1-9-17-20-26(12-4)23-30-29(15-7,16-8)34(31,32-24-27(13-5)21-18-10-2)33-25-28(14-6)22-19-11-3/h26-28,30H,9-25H2,1-8H3. The van der Waals surface area contributed by atoms with E-state index in [-0.39, 0.29) is 0 Å². The van der Waals surface area contributed by atoms with Gasteiger partial charge in [0.05, 0.1) is 13.2 Å². The Labute approximate surface area is 214 Å². The lowest BCUT2D eigenvalue weighted by molar-refractivity contribution is 0.126. The van der Waals surface area contributed by atoms with E-state index in [2.05, 4.69) is 60.7 Å². The van der Waals surface area contributed by atoms with Gasteiger partial charge in [0, 0.05) is 0 Å². The second-order valence-corrected chi connectivity index (χ2v) is 12.8. The molecular weight excluding hydrogens is 441 g/mol. The van der Waals surface area contributed by atoms with Crippen molar-refractivity contribution in [1.82, 2.24) is 5.32 Å². The van der Waals surface area contributed by atoms with Crippen LogP contribution in [0.3, 0.4) is 0 Å². The van der Waals surface area contributed by atoms with Crippen molar-refractivity contribution in [2.45, 2.75) is 151 Å². The highest BCUT2D eigenvalue weighted by molar-refractivity contribution is 7.55. The van der Waals surface area contributed by atoms with E-state index in [1.807, 2.05) is 0 Å². The van der Waals surface area contributed by atoms with Crippen LogP contribution >= 0.6 is 7.60 Å². The van der Waals surface area contributed by atoms with Crippen LogP contribution in [0.2, 0.25) is 0 Å². The van der Waals surface area contributed by atoms with Gasteiger partial charge in [0.1, 0.15) is 5.28 Å². The van der Waals surface area contributed by atoms with Crippen molar-refractivity contribution in [1.29, 1.82) is 0 Å². The minimum atomic E-state index is -3.36. The first kappa shape index (κ1) is 34.1. The molecule has 1 N–H and O–H groups in total. The summed E-state index contributed by atoms with van der Waals surface area (Å²) in [5.41, 5.74) is 0. The van der Waals surface area contributed by atoms with Gasteiger partial charge < -0.3 is 14.4 Å². The summed E-state index contributed by atoms with van der Waals surface area (Å²) in [4.78, 5) is 0. The van der Waals surface area contributed by atoms with Gasteiger partial charge in [0.25, 0.3) is 0 Å². The molecule has 0 saturated heterocycles. The monoisotopic (exact) mass is 503 g/mol. The molecule has 0 heterocycles. The lowest BCUT2D eigenvalue weighted by atomic mass is 9.98. The SMILES string of the molecule is CCCCC(CC)CNC(CC)(CC)P(=O)(OCC(CC)CCCC)OCC(CC)CCCC. The highest BCUT2D eigenvalue weighted by Crippen LogP contribution is 2.62. The summed E-state index contributed by atoms with van der Waals surface area (Å²) in [6.07, 6.45) is 15.5. The molecule has 0 aromatic carbocycles. The van der Waals surface area contributed by atoms with Crippen molar-refractivity contribution in [2.75, 3.05) is 19.8 Å². The maximum Gasteiger partial charge on any atom is 0.350 e. The zero-order valence-electron chi connectivity index (χ0n) is 24.4. The van der Waals surface area contributed by atoms with Gasteiger partial charge in [-0.1, -0.05) is 113 Å². The van der Waals surface area contributed by atoms with E-state index in [4.69, 9.17) is 9.05 Å². The lowest BCUT2D eigenvalue weighted by Crippen LogP contribution is -2.47. The van der Waals surface area contributed by atoms with Gasteiger partial charge in [-0.2, -0.15) is 0 Å². The van der Waals surface area contributed by atoms with E-state index in [1.165, 1.54) is 44.9 Å². The molecule has 0 aliphatic rings. The van der Waals surface area contributed by atoms with Gasteiger partial charge in [-0.05, 0) is 56.4 Å². The average molecular weight is 504 g/mol. The zero-order valence-corrected chi connectivity index (χ0v) is 25.3. The Morgan fingerprint density at radius 2 is 1.03 bits per heavy atom. The molecule has 0 aromatic rings. The molecular formula is C29H62NO3P. The number of hydrogen-bond donors (Lipinski definition) is 1. The van der Waals surface area contributed by atoms with Crippen LogP contribution in [0.15, 0.2) is 0 Å². The van der Waals surface area contributed by atoms with E-state index in [1.54, 1.807) is 0 Å². The molecule has 0 aromatic heterocycles. The minimum Gasteiger partial charge on any atom is -0.307 e. The molecule has 5 heteroatoms. The molecule has 4 nitrogen and oxygen atoms in total. The Kier molecular flexibility index (Phi) is 20.3. The Balaban J connectivity index is 5.74. The number of unbranched alkanes of at least 4 members (excludes halogenated alkanes) is 3. The van der Waals surface area contributed by atoms with Crippen LogP contribution in [0.1, 0.15) is 145 Å². The van der Waals surface area contributed by atoms with Gasteiger partial charge in [0.2, 0.25) is 0 Å². The summed E-state index contributed by atoms with van der Waals surface area (Å²) in [7, 11) is -3.36. The molecule has 0 aliphatic heterocycles. The fourth-order valence-electron chi connectivity index (χ4n) is 4.75. The second kappa shape index (κ2) is 20.2. The average Bonchev–Trinajstić information content (AvgIpc) is 2.86. The summed E-state index contributed by atoms with van der Waals surface area (Å²) >= 11 is 0. The molecule has 3 unspecified atom stereocenters. The molecule has 206 valence electrons. The van der Waals surface area contributed by atoms with Crippen LogP contribution in [0, 0.1) is 17.8 Å². The van der Waals surface area contributed by atoms with E-state index in [0.29, 0.717) is 31.0 Å². The molecule has 0 bridgehead atoms. The van der Waals surface area contributed by atoms with Crippen LogP contribution in [-0.2, 0) is 13.6 Å². The molecule has 0 radical (unpaired) electrons. The summed E-state index contributed by atoms with van der Waals surface area (Å²) in [6.45, 7) is 19.7. The molecule has 0 aliphatic carbocycles. The fourth-order valence-corrected chi connectivity index (χ4v) is 7.19. The highest BCUT2D eigenvalue weighted by atomic mass is 31.2. The minimum absolute atomic E-state index is 0.443. The van der Waals surface area contributed by atoms with Gasteiger partial charge >= 0.3 is 7.60 Å². The summed E-state index contributed by atoms with van der Waals surface area (Å²) < 4.78 is 27.6. The molecule has 0 amide bonds. The zero-order chi connectivity index (χ0) is 25.9. The predicted octanol–water partition coefficient (Wildman–Crippen LogP) is 9.97. The fraction of sp³-hybridized carbons (Fsp3) is 1.00. The van der Waals surface area contributed by atoms with Crippen molar-refractivity contribution in [2.24, 2.45) is 17.8 Å². The first-order valence-electron chi connectivity index (χ1n) is 15.0. The van der Waals surface area contributed by atoms with Crippen LogP contribution in [0.4, 0.5) is 0 Å². The van der Waals surface area contributed by atoms with Crippen LogP contribution < -0.4 is 5.32 Å². The largest absolute Gasteiger partial charge is 0.350 e.